The van der Waals surface area contributed by atoms with E-state index < -0.39 is 17.5 Å². The van der Waals surface area contributed by atoms with Gasteiger partial charge in [-0.05, 0) is 59.2 Å². The standard InChI is InChI=1S/C30H26N2O6/c1-36-25-16-14-22(15-17-25)28(33)38-26-18-13-21(19-27(26)37-2)20-31-32-29(34)30(35,23-9-5-3-6-10-23)24-11-7-4-8-12-24/h3-20,35H,1-2H3,(H,32,34)/b31-20+. The third-order valence-corrected chi connectivity index (χ3v) is 5.81. The predicted octanol–water partition coefficient (Wildman–Crippen LogP) is 4.31. The Bertz CT molecular complexity index is 1380. The van der Waals surface area contributed by atoms with E-state index in [0.29, 0.717) is 33.8 Å². The number of amides is 1. The number of rotatable bonds is 9. The Hall–Kier alpha value is -4.95. The van der Waals surface area contributed by atoms with E-state index in [0.717, 1.165) is 0 Å². The van der Waals surface area contributed by atoms with Gasteiger partial charge in [0.25, 0.3) is 5.91 Å². The molecule has 4 aromatic rings. The van der Waals surface area contributed by atoms with Crippen molar-refractivity contribution in [1.29, 1.82) is 0 Å². The zero-order valence-electron chi connectivity index (χ0n) is 20.8. The molecule has 0 aliphatic carbocycles. The van der Waals surface area contributed by atoms with Crippen LogP contribution in [0.15, 0.2) is 108 Å². The molecule has 192 valence electrons. The number of nitrogens with one attached hydrogen (secondary N) is 1. The molecule has 2 N–H and O–H groups in total. The summed E-state index contributed by atoms with van der Waals surface area (Å²) in [6.07, 6.45) is 1.39. The molecule has 0 unspecified atom stereocenters. The van der Waals surface area contributed by atoms with Crippen molar-refractivity contribution in [3.63, 3.8) is 0 Å². The second-order valence-corrected chi connectivity index (χ2v) is 8.17. The van der Waals surface area contributed by atoms with E-state index >= 15 is 0 Å². The van der Waals surface area contributed by atoms with E-state index in [9.17, 15) is 14.7 Å². The molecular weight excluding hydrogens is 484 g/mol. The van der Waals surface area contributed by atoms with Crippen LogP contribution in [0.3, 0.4) is 0 Å². The molecule has 4 aromatic carbocycles. The highest BCUT2D eigenvalue weighted by Gasteiger charge is 2.39. The summed E-state index contributed by atoms with van der Waals surface area (Å²) in [5.41, 5.74) is 2.21. The fourth-order valence-electron chi connectivity index (χ4n) is 3.77. The molecular formula is C30H26N2O6. The van der Waals surface area contributed by atoms with Gasteiger partial charge in [0.2, 0.25) is 0 Å². The van der Waals surface area contributed by atoms with Crippen LogP contribution in [-0.2, 0) is 10.4 Å². The molecule has 0 saturated heterocycles. The van der Waals surface area contributed by atoms with Gasteiger partial charge in [-0.1, -0.05) is 60.7 Å². The Labute approximate surface area is 220 Å². The van der Waals surface area contributed by atoms with Gasteiger partial charge in [0, 0.05) is 0 Å². The number of ether oxygens (including phenoxy) is 3. The Balaban J connectivity index is 1.49. The number of carbonyl (C=O) groups excluding carboxylic acids is 2. The normalized spacial score (nSPS) is 11.1. The largest absolute Gasteiger partial charge is 0.497 e. The topological polar surface area (TPSA) is 106 Å². The third-order valence-electron chi connectivity index (χ3n) is 5.81. The first kappa shape index (κ1) is 26.1. The highest BCUT2D eigenvalue weighted by molar-refractivity contribution is 5.92. The van der Waals surface area contributed by atoms with E-state index in [1.54, 1.807) is 110 Å². The highest BCUT2D eigenvalue weighted by atomic mass is 16.6. The summed E-state index contributed by atoms with van der Waals surface area (Å²) < 4.78 is 16.0. The lowest BCUT2D eigenvalue weighted by Gasteiger charge is -2.27. The quantitative estimate of drug-likeness (QED) is 0.150. The van der Waals surface area contributed by atoms with Gasteiger partial charge in [-0.25, -0.2) is 10.2 Å². The lowest BCUT2D eigenvalue weighted by atomic mass is 9.85. The first-order valence-corrected chi connectivity index (χ1v) is 11.7. The van der Waals surface area contributed by atoms with Crippen molar-refractivity contribution in [3.8, 4) is 17.2 Å². The third kappa shape index (κ3) is 5.71. The maximum absolute atomic E-state index is 13.2. The summed E-state index contributed by atoms with van der Waals surface area (Å²) in [5, 5.41) is 15.5. The second-order valence-electron chi connectivity index (χ2n) is 8.17. The van der Waals surface area contributed by atoms with Crippen LogP contribution in [0.25, 0.3) is 0 Å². The van der Waals surface area contributed by atoms with Crippen LogP contribution in [0.2, 0.25) is 0 Å². The van der Waals surface area contributed by atoms with Crippen molar-refractivity contribution in [2.75, 3.05) is 14.2 Å². The fourth-order valence-corrected chi connectivity index (χ4v) is 3.77. The number of methoxy groups -OCH3 is 2. The van der Waals surface area contributed by atoms with Gasteiger partial charge < -0.3 is 19.3 Å². The SMILES string of the molecule is COc1ccc(C(=O)Oc2ccc(/C=N/NC(=O)C(O)(c3ccccc3)c3ccccc3)cc2OC)cc1. The van der Waals surface area contributed by atoms with E-state index in [1.807, 2.05) is 0 Å². The maximum Gasteiger partial charge on any atom is 0.343 e. The number of nitrogens with zero attached hydrogens (tertiary/aromatic N) is 1. The van der Waals surface area contributed by atoms with Crippen molar-refractivity contribution in [2.24, 2.45) is 5.10 Å². The fraction of sp³-hybridized carbons (Fsp3) is 0.100. The van der Waals surface area contributed by atoms with E-state index in [4.69, 9.17) is 14.2 Å². The van der Waals surface area contributed by atoms with Crippen LogP contribution in [-0.4, -0.2) is 37.4 Å². The molecule has 0 aliphatic rings. The van der Waals surface area contributed by atoms with Crippen molar-refractivity contribution < 1.29 is 28.9 Å². The number of aliphatic hydroxyl groups is 1. The molecule has 0 spiro atoms. The lowest BCUT2D eigenvalue weighted by molar-refractivity contribution is -0.136. The zero-order valence-corrected chi connectivity index (χ0v) is 20.8. The minimum atomic E-state index is -1.95. The van der Waals surface area contributed by atoms with Gasteiger partial charge in [0.1, 0.15) is 5.75 Å². The Morgan fingerprint density at radius 2 is 1.39 bits per heavy atom. The number of hydrazone groups is 1. The van der Waals surface area contributed by atoms with Gasteiger partial charge in [-0.15, -0.1) is 0 Å². The summed E-state index contributed by atoms with van der Waals surface area (Å²) in [6.45, 7) is 0. The van der Waals surface area contributed by atoms with Crippen LogP contribution in [0, 0.1) is 0 Å². The average Bonchev–Trinajstić information content (AvgIpc) is 2.98. The molecule has 1 amide bonds. The molecule has 4 rings (SSSR count). The van der Waals surface area contributed by atoms with Gasteiger partial charge in [0.05, 0.1) is 26.0 Å². The predicted molar refractivity (Wildman–Crippen MR) is 143 cm³/mol. The molecule has 0 aromatic heterocycles. The van der Waals surface area contributed by atoms with Gasteiger partial charge in [0.15, 0.2) is 17.1 Å². The molecule has 0 heterocycles. The Morgan fingerprint density at radius 3 is 1.95 bits per heavy atom. The number of benzene rings is 4. The Kier molecular flexibility index (Phi) is 8.15. The molecule has 0 radical (unpaired) electrons. The smallest absolute Gasteiger partial charge is 0.343 e. The van der Waals surface area contributed by atoms with Crippen LogP contribution in [0.1, 0.15) is 27.0 Å². The maximum atomic E-state index is 13.2. The molecule has 0 aliphatic heterocycles. The van der Waals surface area contributed by atoms with E-state index in [2.05, 4.69) is 10.5 Å². The average molecular weight is 511 g/mol. The minimum Gasteiger partial charge on any atom is -0.497 e. The van der Waals surface area contributed by atoms with Gasteiger partial charge in [-0.2, -0.15) is 5.10 Å². The molecule has 0 saturated carbocycles. The summed E-state index contributed by atoms with van der Waals surface area (Å²) in [4.78, 5) is 25.7. The first-order chi connectivity index (χ1) is 18.5. The monoisotopic (exact) mass is 510 g/mol. The summed E-state index contributed by atoms with van der Waals surface area (Å²) in [6, 6.07) is 28.6. The number of esters is 1. The summed E-state index contributed by atoms with van der Waals surface area (Å²) in [7, 11) is 2.99. The van der Waals surface area contributed by atoms with Crippen LogP contribution < -0.4 is 19.6 Å². The molecule has 0 bridgehead atoms. The number of carbonyl (C=O) groups is 2. The molecule has 8 nitrogen and oxygen atoms in total. The van der Waals surface area contributed by atoms with Crippen molar-refractivity contribution in [1.82, 2.24) is 5.43 Å². The van der Waals surface area contributed by atoms with Crippen molar-refractivity contribution in [2.45, 2.75) is 5.60 Å². The van der Waals surface area contributed by atoms with Crippen LogP contribution in [0.5, 0.6) is 17.2 Å². The number of hydrogen-bond acceptors (Lipinski definition) is 7. The molecule has 38 heavy (non-hydrogen) atoms. The van der Waals surface area contributed by atoms with E-state index in [1.165, 1.54) is 13.3 Å². The van der Waals surface area contributed by atoms with Crippen molar-refractivity contribution >= 4 is 18.1 Å². The highest BCUT2D eigenvalue weighted by Crippen LogP contribution is 2.30. The summed E-state index contributed by atoms with van der Waals surface area (Å²) in [5.74, 6) is -0.131. The molecule has 8 heteroatoms. The Morgan fingerprint density at radius 1 is 0.789 bits per heavy atom. The number of hydrogen-bond donors (Lipinski definition) is 2. The van der Waals surface area contributed by atoms with Gasteiger partial charge >= 0.3 is 5.97 Å². The molecule has 0 atom stereocenters. The van der Waals surface area contributed by atoms with Crippen molar-refractivity contribution in [3.05, 3.63) is 125 Å². The van der Waals surface area contributed by atoms with E-state index in [-0.39, 0.29) is 5.75 Å². The van der Waals surface area contributed by atoms with Crippen LogP contribution in [0.4, 0.5) is 0 Å². The second kappa shape index (κ2) is 11.9. The lowest BCUT2D eigenvalue weighted by Crippen LogP contribution is -2.43. The first-order valence-electron chi connectivity index (χ1n) is 11.7. The van der Waals surface area contributed by atoms with Crippen LogP contribution >= 0.6 is 0 Å². The van der Waals surface area contributed by atoms with Gasteiger partial charge in [-0.3, -0.25) is 4.79 Å². The minimum absolute atomic E-state index is 0.219. The summed E-state index contributed by atoms with van der Waals surface area (Å²) >= 11 is 0. The molecule has 0 fully saturated rings. The zero-order chi connectivity index (χ0) is 27.0.